The molecule has 1 aliphatic heterocycles. The Labute approximate surface area is 193 Å². The van der Waals surface area contributed by atoms with Crippen molar-refractivity contribution in [2.45, 2.75) is 83.7 Å². The summed E-state index contributed by atoms with van der Waals surface area (Å²) in [5, 5.41) is 19.6. The lowest BCUT2D eigenvalue weighted by Gasteiger charge is -2.34. The van der Waals surface area contributed by atoms with Crippen LogP contribution in [-0.2, 0) is 14.9 Å². The van der Waals surface area contributed by atoms with Crippen LogP contribution in [0.5, 0.6) is 0 Å². The second-order valence-electron chi connectivity index (χ2n) is 8.80. The van der Waals surface area contributed by atoms with Crippen molar-refractivity contribution >= 4 is 21.7 Å². The lowest BCUT2D eigenvalue weighted by molar-refractivity contribution is -0.837. The molecular weight excluding hydrogens is 432 g/mol. The lowest BCUT2D eigenvalue weighted by atomic mass is 10.1. The van der Waals surface area contributed by atoms with Gasteiger partial charge in [0.1, 0.15) is 31.5 Å². The van der Waals surface area contributed by atoms with E-state index in [2.05, 4.69) is 24.1 Å². The molecule has 32 heavy (non-hydrogen) atoms. The average molecular weight is 476 g/mol. The van der Waals surface area contributed by atoms with Crippen LogP contribution in [0.25, 0.3) is 0 Å². The minimum Gasteiger partial charge on any atom is -0.390 e. The number of ketones is 1. The fourth-order valence-electron chi connectivity index (χ4n) is 4.26. The van der Waals surface area contributed by atoms with E-state index in [0.717, 1.165) is 32.1 Å². The molecule has 0 aromatic rings. The van der Waals surface area contributed by atoms with Crippen molar-refractivity contribution in [1.29, 1.82) is 0 Å². The van der Waals surface area contributed by atoms with Crippen LogP contribution in [0.2, 0.25) is 0 Å². The largest absolute Gasteiger partial charge is 0.390 e. The summed E-state index contributed by atoms with van der Waals surface area (Å²) in [5.41, 5.74) is 0. The molecule has 8 nitrogen and oxygen atoms in total. The molecular formula is C23H43N2O6S+. The molecule has 0 aromatic heterocycles. The number of carbonyl (C=O) groups is 1. The highest BCUT2D eigenvalue weighted by molar-refractivity contribution is 7.85. The van der Waals surface area contributed by atoms with Gasteiger partial charge in [0.2, 0.25) is 5.78 Å². The maximum absolute atomic E-state index is 12.8. The number of aliphatic hydroxyl groups is 2. The second-order valence-corrected chi connectivity index (χ2v) is 10.3. The molecule has 0 saturated carbocycles. The minimum atomic E-state index is -4.33. The van der Waals surface area contributed by atoms with E-state index in [0.29, 0.717) is 25.3 Å². The molecule has 0 saturated heterocycles. The topological polar surface area (TPSA) is 124 Å². The first-order valence-electron chi connectivity index (χ1n) is 12.1. The third-order valence-electron chi connectivity index (χ3n) is 5.90. The van der Waals surface area contributed by atoms with E-state index >= 15 is 0 Å². The molecule has 2 unspecified atom stereocenters. The quantitative estimate of drug-likeness (QED) is 0.114. The highest BCUT2D eigenvalue weighted by Gasteiger charge is 2.43. The maximum atomic E-state index is 12.8. The van der Waals surface area contributed by atoms with Gasteiger partial charge < -0.3 is 10.2 Å². The van der Waals surface area contributed by atoms with Gasteiger partial charge in [-0.05, 0) is 25.7 Å². The zero-order valence-electron chi connectivity index (χ0n) is 19.6. The summed E-state index contributed by atoms with van der Waals surface area (Å²) in [6.07, 6.45) is 14.7. The van der Waals surface area contributed by atoms with Gasteiger partial charge in [0.25, 0.3) is 16.0 Å². The van der Waals surface area contributed by atoms with Crippen LogP contribution in [0.3, 0.4) is 0 Å². The van der Waals surface area contributed by atoms with Crippen LogP contribution in [0.15, 0.2) is 17.1 Å². The summed E-state index contributed by atoms with van der Waals surface area (Å²) in [6, 6.07) is 0. The number of hydrogen-bond donors (Lipinski definition) is 3. The van der Waals surface area contributed by atoms with Gasteiger partial charge in [-0.3, -0.25) is 13.8 Å². The molecule has 1 rings (SSSR count). The van der Waals surface area contributed by atoms with Crippen molar-refractivity contribution in [2.75, 3.05) is 38.5 Å². The molecule has 2 atom stereocenters. The van der Waals surface area contributed by atoms with Crippen molar-refractivity contribution < 1.29 is 32.5 Å². The SMILES string of the molecule is CCCC/C=C/CCCCCCCCC(=O)C1=NCC[N+]1(CCO)CC(O)CS(=O)(=O)O. The van der Waals surface area contributed by atoms with Gasteiger partial charge >= 0.3 is 0 Å². The third kappa shape index (κ3) is 11.7. The molecule has 3 N–H and O–H groups in total. The zero-order chi connectivity index (χ0) is 23.9. The molecule has 0 amide bonds. The number of carbonyl (C=O) groups excluding carboxylic acids is 1. The van der Waals surface area contributed by atoms with Crippen LogP contribution < -0.4 is 0 Å². The van der Waals surface area contributed by atoms with Crippen LogP contribution in [0.1, 0.15) is 77.6 Å². The predicted octanol–water partition coefficient (Wildman–Crippen LogP) is 2.89. The molecule has 0 aromatic carbocycles. The summed E-state index contributed by atoms with van der Waals surface area (Å²) < 4.78 is 31.1. The van der Waals surface area contributed by atoms with E-state index in [-0.39, 0.29) is 30.0 Å². The number of Topliss-reactive ketones (excluding diaryl/α,β-unsaturated/α-hetero) is 1. The molecule has 1 heterocycles. The lowest BCUT2D eigenvalue weighted by Crippen LogP contribution is -2.59. The van der Waals surface area contributed by atoms with Gasteiger partial charge in [0, 0.05) is 6.42 Å². The fraction of sp³-hybridized carbons (Fsp3) is 0.826. The van der Waals surface area contributed by atoms with E-state index in [1.54, 1.807) is 0 Å². The van der Waals surface area contributed by atoms with Crippen molar-refractivity contribution in [3.63, 3.8) is 0 Å². The van der Waals surface area contributed by atoms with Gasteiger partial charge in [-0.1, -0.05) is 57.6 Å². The van der Waals surface area contributed by atoms with Gasteiger partial charge in [-0.25, -0.2) is 4.99 Å². The highest BCUT2D eigenvalue weighted by atomic mass is 32.2. The Morgan fingerprint density at radius 3 is 2.34 bits per heavy atom. The summed E-state index contributed by atoms with van der Waals surface area (Å²) in [5.74, 6) is -0.593. The number of quaternary nitrogens is 1. The number of nitrogens with zero attached hydrogens (tertiary/aromatic N) is 2. The van der Waals surface area contributed by atoms with Gasteiger partial charge in [0.15, 0.2) is 0 Å². The number of unbranched alkanes of at least 4 members (excludes halogenated alkanes) is 8. The molecule has 0 fully saturated rings. The number of amidine groups is 1. The monoisotopic (exact) mass is 475 g/mol. The Bertz CT molecular complexity index is 707. The van der Waals surface area contributed by atoms with Gasteiger partial charge in [-0.15, -0.1) is 0 Å². The number of allylic oxidation sites excluding steroid dienone is 2. The standard InChI is InChI=1S/C23H42N2O6S/c1-2-3-4-5-6-7-8-9-10-11-12-13-14-22(28)23-24-15-16-25(23,17-18-26)19-21(27)20-32(29,30)31/h5-6,21,26-27H,2-4,7-20H2,1H3/p+1/b6-5+. The molecule has 0 aliphatic carbocycles. The van der Waals surface area contributed by atoms with Gasteiger partial charge in [0.05, 0.1) is 13.2 Å². The predicted molar refractivity (Wildman–Crippen MR) is 127 cm³/mol. The summed E-state index contributed by atoms with van der Waals surface area (Å²) in [6.45, 7) is 2.92. The van der Waals surface area contributed by atoms with Crippen molar-refractivity contribution in [1.82, 2.24) is 0 Å². The summed E-state index contributed by atoms with van der Waals surface area (Å²) in [7, 11) is -4.33. The van der Waals surface area contributed by atoms with E-state index < -0.39 is 22.0 Å². The number of aliphatic imine (C=N–C) groups is 1. The normalized spacial score (nSPS) is 20.1. The maximum Gasteiger partial charge on any atom is 0.267 e. The van der Waals surface area contributed by atoms with Crippen LogP contribution in [0.4, 0.5) is 0 Å². The van der Waals surface area contributed by atoms with Crippen molar-refractivity contribution in [3.8, 4) is 0 Å². The number of hydrogen-bond acceptors (Lipinski definition) is 6. The highest BCUT2D eigenvalue weighted by Crippen LogP contribution is 2.20. The first kappa shape index (κ1) is 28.9. The van der Waals surface area contributed by atoms with E-state index in [4.69, 9.17) is 4.55 Å². The molecule has 0 bridgehead atoms. The Kier molecular flexibility index (Phi) is 14.1. The Morgan fingerprint density at radius 1 is 1.09 bits per heavy atom. The van der Waals surface area contributed by atoms with E-state index in [1.807, 2.05) is 0 Å². The van der Waals surface area contributed by atoms with Gasteiger partial charge in [-0.2, -0.15) is 8.42 Å². The van der Waals surface area contributed by atoms with Crippen LogP contribution >= 0.6 is 0 Å². The smallest absolute Gasteiger partial charge is 0.267 e. The Balaban J connectivity index is 2.36. The molecule has 1 aliphatic rings. The van der Waals surface area contributed by atoms with Crippen molar-refractivity contribution in [3.05, 3.63) is 12.2 Å². The molecule has 9 heteroatoms. The fourth-order valence-corrected chi connectivity index (χ4v) is 4.85. The van der Waals surface area contributed by atoms with E-state index in [9.17, 15) is 23.4 Å². The first-order chi connectivity index (χ1) is 15.2. The third-order valence-corrected chi connectivity index (χ3v) is 6.70. The van der Waals surface area contributed by atoms with Crippen LogP contribution in [0, 0.1) is 0 Å². The second kappa shape index (κ2) is 15.7. The van der Waals surface area contributed by atoms with Crippen molar-refractivity contribution in [2.24, 2.45) is 4.99 Å². The summed E-state index contributed by atoms with van der Waals surface area (Å²) >= 11 is 0. The van der Waals surface area contributed by atoms with E-state index in [1.165, 1.54) is 32.1 Å². The molecule has 186 valence electrons. The summed E-state index contributed by atoms with van der Waals surface area (Å²) in [4.78, 5) is 17.1. The average Bonchev–Trinajstić information content (AvgIpc) is 3.10. The molecule has 0 spiro atoms. The van der Waals surface area contributed by atoms with Crippen LogP contribution in [-0.4, -0.2) is 83.9 Å². The zero-order valence-corrected chi connectivity index (χ0v) is 20.4. The number of rotatable bonds is 19. The Hall–Kier alpha value is -1.13. The number of aliphatic hydroxyl groups excluding tert-OH is 2. The Morgan fingerprint density at radius 2 is 1.72 bits per heavy atom. The first-order valence-corrected chi connectivity index (χ1v) is 13.7. The minimum absolute atomic E-state index is 0.0300. The molecule has 0 radical (unpaired) electrons.